The SMILES string of the molecule is CCCC1(CCC)NC(=O)N(CC(=O)Nc2cc(C(F)(F)F)ccc2N(CC)CC)C1=O. The summed E-state index contributed by atoms with van der Waals surface area (Å²) in [7, 11) is 0. The summed E-state index contributed by atoms with van der Waals surface area (Å²) in [5.41, 5.74) is -1.53. The van der Waals surface area contributed by atoms with Gasteiger partial charge in [0.2, 0.25) is 5.91 Å². The summed E-state index contributed by atoms with van der Waals surface area (Å²) in [5, 5.41) is 5.19. The molecule has 0 radical (unpaired) electrons. The predicted octanol–water partition coefficient (Wildman–Crippen LogP) is 4.38. The molecule has 0 unspecified atom stereocenters. The molecule has 7 nitrogen and oxygen atoms in total. The van der Waals surface area contributed by atoms with Crippen molar-refractivity contribution in [3.05, 3.63) is 23.8 Å². The Kier molecular flexibility index (Phi) is 8.14. The lowest BCUT2D eigenvalue weighted by atomic mass is 9.88. The van der Waals surface area contributed by atoms with Crippen molar-refractivity contribution < 1.29 is 27.6 Å². The van der Waals surface area contributed by atoms with E-state index in [0.29, 0.717) is 44.5 Å². The van der Waals surface area contributed by atoms with E-state index in [0.717, 1.165) is 17.0 Å². The van der Waals surface area contributed by atoms with Crippen LogP contribution in [-0.4, -0.2) is 47.9 Å². The van der Waals surface area contributed by atoms with Gasteiger partial charge in [-0.25, -0.2) is 4.79 Å². The molecule has 1 aliphatic rings. The fourth-order valence-electron chi connectivity index (χ4n) is 4.12. The van der Waals surface area contributed by atoms with Crippen molar-refractivity contribution in [3.8, 4) is 0 Å². The largest absolute Gasteiger partial charge is 0.416 e. The Morgan fingerprint density at radius 2 is 1.69 bits per heavy atom. The maximum Gasteiger partial charge on any atom is 0.416 e. The van der Waals surface area contributed by atoms with Crippen LogP contribution < -0.4 is 15.5 Å². The molecule has 0 aliphatic carbocycles. The van der Waals surface area contributed by atoms with E-state index in [1.165, 1.54) is 6.07 Å². The summed E-state index contributed by atoms with van der Waals surface area (Å²) in [4.78, 5) is 40.8. The first-order valence-electron chi connectivity index (χ1n) is 10.9. The molecule has 0 bridgehead atoms. The van der Waals surface area contributed by atoms with Crippen LogP contribution in [0.3, 0.4) is 0 Å². The highest BCUT2D eigenvalue weighted by Crippen LogP contribution is 2.35. The summed E-state index contributed by atoms with van der Waals surface area (Å²) in [5.74, 6) is -1.22. The average molecular weight is 457 g/mol. The van der Waals surface area contributed by atoms with Gasteiger partial charge in [0.25, 0.3) is 5.91 Å². The number of urea groups is 1. The molecule has 2 rings (SSSR count). The highest BCUT2D eigenvalue weighted by Gasteiger charge is 2.50. The number of carbonyl (C=O) groups is 3. The molecule has 2 N–H and O–H groups in total. The number of anilines is 2. The molecule has 1 heterocycles. The molecule has 32 heavy (non-hydrogen) atoms. The predicted molar refractivity (Wildman–Crippen MR) is 116 cm³/mol. The smallest absolute Gasteiger partial charge is 0.370 e. The Labute approximate surface area is 186 Å². The van der Waals surface area contributed by atoms with E-state index in [1.807, 2.05) is 27.7 Å². The molecule has 0 spiro atoms. The van der Waals surface area contributed by atoms with Gasteiger partial charge in [0, 0.05) is 13.1 Å². The minimum atomic E-state index is -4.58. The minimum absolute atomic E-state index is 0.0195. The molecule has 1 aromatic carbocycles. The minimum Gasteiger partial charge on any atom is -0.370 e. The third-order valence-corrected chi connectivity index (χ3v) is 5.60. The zero-order chi connectivity index (χ0) is 24.1. The molecular weight excluding hydrogens is 425 g/mol. The zero-order valence-electron chi connectivity index (χ0n) is 18.9. The van der Waals surface area contributed by atoms with E-state index in [9.17, 15) is 27.6 Å². The number of hydrogen-bond donors (Lipinski definition) is 2. The number of carbonyl (C=O) groups excluding carboxylic acids is 3. The van der Waals surface area contributed by atoms with Gasteiger partial charge in [-0.05, 0) is 44.9 Å². The van der Waals surface area contributed by atoms with Gasteiger partial charge in [0.05, 0.1) is 16.9 Å². The number of alkyl halides is 3. The lowest BCUT2D eigenvalue weighted by Gasteiger charge is -2.26. The van der Waals surface area contributed by atoms with Crippen molar-refractivity contribution >= 4 is 29.2 Å². The number of nitrogens with one attached hydrogen (secondary N) is 2. The maximum absolute atomic E-state index is 13.2. The lowest BCUT2D eigenvalue weighted by Crippen LogP contribution is -2.47. The first kappa shape index (κ1) is 25.5. The molecule has 1 fully saturated rings. The molecule has 0 atom stereocenters. The second kappa shape index (κ2) is 10.2. The zero-order valence-corrected chi connectivity index (χ0v) is 18.9. The van der Waals surface area contributed by atoms with Crippen molar-refractivity contribution in [2.24, 2.45) is 0 Å². The van der Waals surface area contributed by atoms with Crippen LogP contribution in [0.5, 0.6) is 0 Å². The van der Waals surface area contributed by atoms with Gasteiger partial charge < -0.3 is 15.5 Å². The van der Waals surface area contributed by atoms with Crippen molar-refractivity contribution in [1.82, 2.24) is 10.2 Å². The van der Waals surface area contributed by atoms with E-state index in [4.69, 9.17) is 0 Å². The lowest BCUT2D eigenvalue weighted by molar-refractivity contribution is -0.137. The number of benzene rings is 1. The van der Waals surface area contributed by atoms with Crippen LogP contribution in [0.2, 0.25) is 0 Å². The molecule has 178 valence electrons. The topological polar surface area (TPSA) is 81.8 Å². The van der Waals surface area contributed by atoms with Gasteiger partial charge in [-0.15, -0.1) is 0 Å². The highest BCUT2D eigenvalue weighted by molar-refractivity contribution is 6.10. The maximum atomic E-state index is 13.2. The van der Waals surface area contributed by atoms with E-state index < -0.39 is 41.7 Å². The van der Waals surface area contributed by atoms with Crippen LogP contribution >= 0.6 is 0 Å². The van der Waals surface area contributed by atoms with Gasteiger partial charge in [0.1, 0.15) is 12.1 Å². The number of amides is 4. The number of hydrogen-bond acceptors (Lipinski definition) is 4. The summed E-state index contributed by atoms with van der Waals surface area (Å²) in [6.45, 7) is 7.96. The molecule has 1 aliphatic heterocycles. The Balaban J connectivity index is 2.28. The Hall–Kier alpha value is -2.78. The number of rotatable bonds is 10. The highest BCUT2D eigenvalue weighted by atomic mass is 19.4. The molecule has 0 aromatic heterocycles. The van der Waals surface area contributed by atoms with E-state index in [2.05, 4.69) is 10.6 Å². The molecule has 1 saturated heterocycles. The van der Waals surface area contributed by atoms with Crippen molar-refractivity contribution in [3.63, 3.8) is 0 Å². The summed E-state index contributed by atoms with van der Waals surface area (Å²) >= 11 is 0. The van der Waals surface area contributed by atoms with Crippen molar-refractivity contribution in [1.29, 1.82) is 0 Å². The van der Waals surface area contributed by atoms with Gasteiger partial charge >= 0.3 is 12.2 Å². The fraction of sp³-hybridized carbons (Fsp3) is 0.591. The molecule has 0 saturated carbocycles. The Bertz CT molecular complexity index is 847. The van der Waals surface area contributed by atoms with E-state index in [-0.39, 0.29) is 5.69 Å². The first-order chi connectivity index (χ1) is 15.0. The first-order valence-corrected chi connectivity index (χ1v) is 10.9. The average Bonchev–Trinajstić information content (AvgIpc) is 2.94. The number of nitrogens with zero attached hydrogens (tertiary/aromatic N) is 2. The molecular formula is C22H31F3N4O3. The monoisotopic (exact) mass is 456 g/mol. The third-order valence-electron chi connectivity index (χ3n) is 5.60. The van der Waals surface area contributed by atoms with Gasteiger partial charge in [-0.1, -0.05) is 26.7 Å². The Morgan fingerprint density at radius 1 is 1.09 bits per heavy atom. The van der Waals surface area contributed by atoms with Crippen LogP contribution in [0.4, 0.5) is 29.3 Å². The summed E-state index contributed by atoms with van der Waals surface area (Å²) in [6.07, 6.45) is -2.34. The van der Waals surface area contributed by atoms with E-state index in [1.54, 1.807) is 4.90 Å². The second-order valence-corrected chi connectivity index (χ2v) is 7.85. The van der Waals surface area contributed by atoms with Gasteiger partial charge in [-0.2, -0.15) is 13.2 Å². The van der Waals surface area contributed by atoms with E-state index >= 15 is 0 Å². The van der Waals surface area contributed by atoms with Crippen LogP contribution in [0.1, 0.15) is 58.9 Å². The van der Waals surface area contributed by atoms with Crippen LogP contribution in [0, 0.1) is 0 Å². The van der Waals surface area contributed by atoms with Crippen LogP contribution in [0.15, 0.2) is 18.2 Å². The standard InChI is InChI=1S/C22H31F3N4O3/c1-5-11-21(12-6-2)19(31)29(20(32)27-21)14-18(30)26-16-13-15(22(23,24)25)9-10-17(16)28(7-3)8-4/h9-10,13H,5-8,11-12,14H2,1-4H3,(H,26,30)(H,27,32). The summed E-state index contributed by atoms with van der Waals surface area (Å²) in [6, 6.07) is 2.48. The number of halogens is 3. The second-order valence-electron chi connectivity index (χ2n) is 7.85. The van der Waals surface area contributed by atoms with Gasteiger partial charge in [0.15, 0.2) is 0 Å². The summed E-state index contributed by atoms with van der Waals surface area (Å²) < 4.78 is 39.7. The van der Waals surface area contributed by atoms with Crippen molar-refractivity contribution in [2.75, 3.05) is 29.9 Å². The van der Waals surface area contributed by atoms with Gasteiger partial charge in [-0.3, -0.25) is 14.5 Å². The Morgan fingerprint density at radius 3 is 2.19 bits per heavy atom. The number of imide groups is 1. The molecule has 10 heteroatoms. The quantitative estimate of drug-likeness (QED) is 0.512. The normalized spacial score (nSPS) is 15.7. The molecule has 4 amide bonds. The molecule has 1 aromatic rings. The van der Waals surface area contributed by atoms with Crippen LogP contribution in [0.25, 0.3) is 0 Å². The van der Waals surface area contributed by atoms with Crippen molar-refractivity contribution in [2.45, 2.75) is 65.1 Å². The fourth-order valence-corrected chi connectivity index (χ4v) is 4.12. The third kappa shape index (κ3) is 5.34. The van der Waals surface area contributed by atoms with Crippen LogP contribution in [-0.2, 0) is 15.8 Å².